The van der Waals surface area contributed by atoms with Gasteiger partial charge in [-0.05, 0) is 48.6 Å². The van der Waals surface area contributed by atoms with Crippen LogP contribution >= 0.6 is 0 Å². The second-order valence-electron chi connectivity index (χ2n) is 7.15. The van der Waals surface area contributed by atoms with Crippen molar-refractivity contribution in [3.05, 3.63) is 65.4 Å². The molecule has 1 aliphatic heterocycles. The van der Waals surface area contributed by atoms with E-state index in [1.165, 1.54) is 5.56 Å². The van der Waals surface area contributed by atoms with Gasteiger partial charge in [-0.2, -0.15) is 0 Å². The van der Waals surface area contributed by atoms with Gasteiger partial charge >= 0.3 is 0 Å². The summed E-state index contributed by atoms with van der Waals surface area (Å²) in [6.07, 6.45) is 4.07. The van der Waals surface area contributed by atoms with Crippen LogP contribution in [-0.4, -0.2) is 17.0 Å². The Labute approximate surface area is 154 Å². The third-order valence-electron chi connectivity index (χ3n) is 5.60. The highest BCUT2D eigenvalue weighted by atomic mass is 16.2. The van der Waals surface area contributed by atoms with Crippen LogP contribution in [0, 0.1) is 0 Å². The fraction of sp³-hybridized carbons (Fsp3) is 0.318. The maximum atomic E-state index is 13.4. The lowest BCUT2D eigenvalue weighted by Crippen LogP contribution is -2.38. The fourth-order valence-corrected chi connectivity index (χ4v) is 4.20. The maximum Gasteiger partial charge on any atom is 0.234 e. The number of para-hydroxylation sites is 1. The summed E-state index contributed by atoms with van der Waals surface area (Å²) in [4.78, 5) is 15.4. The number of hydrogen-bond acceptors (Lipinski definition) is 2. The van der Waals surface area contributed by atoms with Crippen molar-refractivity contribution in [3.63, 3.8) is 0 Å². The number of carbonyl (C=O) groups excluding carboxylic acids is 1. The molecule has 0 radical (unpaired) electrons. The van der Waals surface area contributed by atoms with Crippen LogP contribution in [-0.2, 0) is 24.8 Å². The molecule has 0 fully saturated rings. The molecular formula is C22H25N3O. The zero-order valence-electron chi connectivity index (χ0n) is 15.4. The van der Waals surface area contributed by atoms with Crippen LogP contribution in [0.4, 0.5) is 5.69 Å². The highest BCUT2D eigenvalue weighted by Crippen LogP contribution is 2.34. The molecule has 0 bridgehead atoms. The van der Waals surface area contributed by atoms with Gasteiger partial charge in [0.15, 0.2) is 0 Å². The topological polar surface area (TPSA) is 51.3 Å². The average Bonchev–Trinajstić information content (AvgIpc) is 3.03. The molecule has 0 saturated carbocycles. The van der Waals surface area contributed by atoms with Crippen molar-refractivity contribution in [2.45, 2.75) is 32.2 Å². The number of benzene rings is 2. The molecule has 26 heavy (non-hydrogen) atoms. The predicted molar refractivity (Wildman–Crippen MR) is 106 cm³/mol. The number of nitrogens with two attached hydrogens (primary N) is 1. The number of amides is 1. The van der Waals surface area contributed by atoms with Crippen LogP contribution in [0.2, 0.25) is 0 Å². The lowest BCUT2D eigenvalue weighted by Gasteiger charge is -2.32. The molecule has 4 rings (SSSR count). The smallest absolute Gasteiger partial charge is 0.234 e. The van der Waals surface area contributed by atoms with E-state index in [0.717, 1.165) is 47.1 Å². The summed E-state index contributed by atoms with van der Waals surface area (Å²) in [6.45, 7) is 3.31. The summed E-state index contributed by atoms with van der Waals surface area (Å²) >= 11 is 0. The number of hydrogen-bond donors (Lipinski definition) is 1. The molecule has 1 aliphatic rings. The van der Waals surface area contributed by atoms with Gasteiger partial charge in [0.1, 0.15) is 0 Å². The van der Waals surface area contributed by atoms with Gasteiger partial charge in [0, 0.05) is 42.9 Å². The Kier molecular flexibility index (Phi) is 4.29. The second-order valence-corrected chi connectivity index (χ2v) is 7.15. The number of rotatable bonds is 3. The van der Waals surface area contributed by atoms with Gasteiger partial charge in [0.2, 0.25) is 5.91 Å². The van der Waals surface area contributed by atoms with E-state index in [4.69, 9.17) is 5.73 Å². The van der Waals surface area contributed by atoms with Crippen molar-refractivity contribution in [3.8, 4) is 0 Å². The normalized spacial score (nSPS) is 15.1. The summed E-state index contributed by atoms with van der Waals surface area (Å²) < 4.78 is 2.10. The molecule has 1 atom stereocenters. The Hall–Kier alpha value is -2.59. The van der Waals surface area contributed by atoms with Crippen molar-refractivity contribution in [1.29, 1.82) is 0 Å². The summed E-state index contributed by atoms with van der Waals surface area (Å²) in [6, 6.07) is 14.4. The standard InChI is InChI=1S/C22H25N3O/c1-15(19-14-24(2)20-10-4-3-8-18(19)20)22(26)25-12-6-9-17-16(13-23)7-5-11-21(17)25/h3-5,7-8,10-11,14-15H,6,9,12-13,23H2,1-2H3. The highest BCUT2D eigenvalue weighted by molar-refractivity contribution is 6.01. The second kappa shape index (κ2) is 6.61. The van der Waals surface area contributed by atoms with E-state index < -0.39 is 0 Å². The largest absolute Gasteiger partial charge is 0.350 e. The summed E-state index contributed by atoms with van der Waals surface area (Å²) in [5.41, 5.74) is 11.6. The first-order valence-corrected chi connectivity index (χ1v) is 9.28. The van der Waals surface area contributed by atoms with E-state index in [-0.39, 0.29) is 11.8 Å². The van der Waals surface area contributed by atoms with Crippen LogP contribution in [0.25, 0.3) is 10.9 Å². The number of carbonyl (C=O) groups is 1. The van der Waals surface area contributed by atoms with E-state index in [1.807, 2.05) is 37.1 Å². The van der Waals surface area contributed by atoms with Crippen molar-refractivity contribution in [2.75, 3.05) is 11.4 Å². The molecule has 2 aromatic carbocycles. The maximum absolute atomic E-state index is 13.4. The molecule has 3 aromatic rings. The minimum atomic E-state index is -0.186. The number of anilines is 1. The number of aryl methyl sites for hydroxylation is 1. The molecule has 134 valence electrons. The van der Waals surface area contributed by atoms with Gasteiger partial charge in [-0.15, -0.1) is 0 Å². The van der Waals surface area contributed by atoms with Crippen molar-refractivity contribution < 1.29 is 4.79 Å². The Morgan fingerprint density at radius 1 is 1.19 bits per heavy atom. The first-order chi connectivity index (χ1) is 12.6. The molecule has 1 aromatic heterocycles. The zero-order valence-corrected chi connectivity index (χ0v) is 15.4. The van der Waals surface area contributed by atoms with Gasteiger partial charge < -0.3 is 15.2 Å². The predicted octanol–water partition coefficient (Wildman–Crippen LogP) is 3.72. The summed E-state index contributed by atoms with van der Waals surface area (Å²) in [5, 5.41) is 1.16. The van der Waals surface area contributed by atoms with Gasteiger partial charge in [-0.3, -0.25) is 4.79 Å². The van der Waals surface area contributed by atoms with E-state index in [9.17, 15) is 4.79 Å². The fourth-order valence-electron chi connectivity index (χ4n) is 4.20. The minimum Gasteiger partial charge on any atom is -0.350 e. The first-order valence-electron chi connectivity index (χ1n) is 9.28. The quantitative estimate of drug-likeness (QED) is 0.785. The Morgan fingerprint density at radius 3 is 2.81 bits per heavy atom. The molecule has 1 unspecified atom stereocenters. The SMILES string of the molecule is CC(C(=O)N1CCCc2c(CN)cccc21)c1cn(C)c2ccccc12. The van der Waals surface area contributed by atoms with Crippen molar-refractivity contribution >= 4 is 22.5 Å². The van der Waals surface area contributed by atoms with Crippen LogP contribution in [0.5, 0.6) is 0 Å². The number of fused-ring (bicyclic) bond motifs is 2. The zero-order chi connectivity index (χ0) is 18.3. The number of aromatic nitrogens is 1. The van der Waals surface area contributed by atoms with E-state index in [0.29, 0.717) is 6.54 Å². The Balaban J connectivity index is 1.73. The van der Waals surface area contributed by atoms with Crippen LogP contribution in [0.15, 0.2) is 48.7 Å². The molecule has 0 aliphatic carbocycles. The van der Waals surface area contributed by atoms with Gasteiger partial charge in [0.25, 0.3) is 0 Å². The Morgan fingerprint density at radius 2 is 2.00 bits per heavy atom. The van der Waals surface area contributed by atoms with E-state index in [2.05, 4.69) is 35.0 Å². The molecule has 4 nitrogen and oxygen atoms in total. The average molecular weight is 347 g/mol. The summed E-state index contributed by atoms with van der Waals surface area (Å²) in [7, 11) is 2.03. The van der Waals surface area contributed by atoms with Crippen molar-refractivity contribution in [1.82, 2.24) is 4.57 Å². The first kappa shape index (κ1) is 16.9. The molecular weight excluding hydrogens is 322 g/mol. The lowest BCUT2D eigenvalue weighted by atomic mass is 9.93. The molecule has 1 amide bonds. The minimum absolute atomic E-state index is 0.163. The lowest BCUT2D eigenvalue weighted by molar-refractivity contribution is -0.119. The van der Waals surface area contributed by atoms with Gasteiger partial charge in [-0.25, -0.2) is 0 Å². The highest BCUT2D eigenvalue weighted by Gasteiger charge is 2.29. The molecule has 4 heteroatoms. The van der Waals surface area contributed by atoms with Crippen LogP contribution in [0.1, 0.15) is 36.0 Å². The van der Waals surface area contributed by atoms with Gasteiger partial charge in [0.05, 0.1) is 5.92 Å². The van der Waals surface area contributed by atoms with E-state index >= 15 is 0 Å². The third kappa shape index (κ3) is 2.61. The van der Waals surface area contributed by atoms with Crippen LogP contribution < -0.4 is 10.6 Å². The number of nitrogens with zero attached hydrogens (tertiary/aromatic N) is 2. The third-order valence-corrected chi connectivity index (χ3v) is 5.60. The molecule has 0 spiro atoms. The summed E-state index contributed by atoms with van der Waals surface area (Å²) in [5.74, 6) is -0.0231. The molecule has 2 N–H and O–H groups in total. The van der Waals surface area contributed by atoms with Crippen LogP contribution in [0.3, 0.4) is 0 Å². The van der Waals surface area contributed by atoms with E-state index in [1.54, 1.807) is 0 Å². The van der Waals surface area contributed by atoms with Crippen molar-refractivity contribution in [2.24, 2.45) is 12.8 Å². The van der Waals surface area contributed by atoms with Gasteiger partial charge in [-0.1, -0.05) is 30.3 Å². The molecule has 2 heterocycles. The Bertz CT molecular complexity index is 973. The monoisotopic (exact) mass is 347 g/mol. The molecule has 0 saturated heterocycles.